The van der Waals surface area contributed by atoms with Gasteiger partial charge in [-0.1, -0.05) is 59.6 Å². The fourth-order valence-corrected chi connectivity index (χ4v) is 2.32. The Morgan fingerprint density at radius 3 is 2.65 bits per heavy atom. The van der Waals surface area contributed by atoms with Gasteiger partial charge in [-0.15, -0.1) is 5.10 Å². The second kappa shape index (κ2) is 7.17. The van der Waals surface area contributed by atoms with Gasteiger partial charge in [-0.3, -0.25) is 0 Å². The molecule has 3 aromatic rings. The molecule has 0 atom stereocenters. The summed E-state index contributed by atoms with van der Waals surface area (Å²) in [6.45, 7) is 0. The van der Waals surface area contributed by atoms with E-state index in [1.807, 2.05) is 30.3 Å². The van der Waals surface area contributed by atoms with Gasteiger partial charge in [-0.05, 0) is 12.1 Å². The summed E-state index contributed by atoms with van der Waals surface area (Å²) < 4.78 is 0. The van der Waals surface area contributed by atoms with Crippen LogP contribution in [0.1, 0.15) is 5.56 Å². The van der Waals surface area contributed by atoms with Crippen molar-refractivity contribution in [2.75, 3.05) is 5.43 Å². The molecule has 0 fully saturated rings. The summed E-state index contributed by atoms with van der Waals surface area (Å²) in [5.74, 6) is 0.299. The van der Waals surface area contributed by atoms with Crippen LogP contribution in [-0.4, -0.2) is 21.4 Å². The zero-order valence-corrected chi connectivity index (χ0v) is 13.3. The Balaban J connectivity index is 1.75. The number of hydrogen-bond acceptors (Lipinski definition) is 5. The van der Waals surface area contributed by atoms with E-state index < -0.39 is 0 Å². The molecular formula is C16H11Cl2N5. The molecule has 0 aliphatic heterocycles. The minimum atomic E-state index is 0.299. The number of anilines is 1. The molecule has 3 rings (SSSR count). The summed E-state index contributed by atoms with van der Waals surface area (Å²) in [5.41, 5.74) is 5.14. The Bertz CT molecular complexity index is 837. The summed E-state index contributed by atoms with van der Waals surface area (Å²) in [4.78, 5) is 4.36. The van der Waals surface area contributed by atoms with Crippen molar-refractivity contribution < 1.29 is 0 Å². The summed E-state index contributed by atoms with van der Waals surface area (Å²) in [6, 6.07) is 14.9. The standard InChI is InChI=1S/C16H11Cl2N5/c17-13-7-6-12(14(18)8-13)9-19-22-16-21-15(10-20-23-16)11-4-2-1-3-5-11/h1-10H,(H,21,22,23)/b19-9-. The first-order valence-corrected chi connectivity index (χ1v) is 7.47. The predicted molar refractivity (Wildman–Crippen MR) is 92.9 cm³/mol. The number of halogens is 2. The maximum absolute atomic E-state index is 6.07. The van der Waals surface area contributed by atoms with Crippen molar-refractivity contribution in [1.82, 2.24) is 15.2 Å². The van der Waals surface area contributed by atoms with Crippen molar-refractivity contribution >= 4 is 35.4 Å². The first-order chi connectivity index (χ1) is 11.2. The minimum absolute atomic E-state index is 0.299. The lowest BCUT2D eigenvalue weighted by Gasteiger charge is -2.02. The molecule has 2 aromatic carbocycles. The number of aromatic nitrogens is 3. The van der Waals surface area contributed by atoms with E-state index in [-0.39, 0.29) is 0 Å². The quantitative estimate of drug-likeness (QED) is 0.566. The minimum Gasteiger partial charge on any atom is -0.244 e. The molecule has 0 bridgehead atoms. The first kappa shape index (κ1) is 15.4. The van der Waals surface area contributed by atoms with Crippen molar-refractivity contribution in [3.8, 4) is 11.3 Å². The zero-order valence-electron chi connectivity index (χ0n) is 11.8. The smallest absolute Gasteiger partial charge is 0.244 e. The lowest BCUT2D eigenvalue weighted by molar-refractivity contribution is 0.967. The molecule has 0 amide bonds. The van der Waals surface area contributed by atoms with Crippen LogP contribution >= 0.6 is 23.2 Å². The molecule has 114 valence electrons. The predicted octanol–water partition coefficient (Wildman–Crippen LogP) is 4.29. The third-order valence-corrected chi connectivity index (χ3v) is 3.52. The molecule has 0 aliphatic carbocycles. The maximum atomic E-state index is 6.07. The van der Waals surface area contributed by atoms with E-state index in [0.29, 0.717) is 21.7 Å². The first-order valence-electron chi connectivity index (χ1n) is 6.71. The average molecular weight is 344 g/mol. The molecular weight excluding hydrogens is 333 g/mol. The highest BCUT2D eigenvalue weighted by Gasteiger charge is 2.02. The van der Waals surface area contributed by atoms with Gasteiger partial charge in [0.15, 0.2) is 0 Å². The molecule has 0 radical (unpaired) electrons. The molecule has 0 unspecified atom stereocenters. The van der Waals surface area contributed by atoms with Gasteiger partial charge in [-0.25, -0.2) is 10.4 Å². The molecule has 5 nitrogen and oxygen atoms in total. The fourth-order valence-electron chi connectivity index (χ4n) is 1.86. The Morgan fingerprint density at radius 2 is 1.87 bits per heavy atom. The number of nitrogens with zero attached hydrogens (tertiary/aromatic N) is 4. The van der Waals surface area contributed by atoms with E-state index >= 15 is 0 Å². The van der Waals surface area contributed by atoms with Gasteiger partial charge in [0.05, 0.1) is 23.1 Å². The number of hydrazone groups is 1. The number of rotatable bonds is 4. The van der Waals surface area contributed by atoms with Gasteiger partial charge >= 0.3 is 0 Å². The Kier molecular flexibility index (Phi) is 4.80. The number of hydrogen-bond donors (Lipinski definition) is 1. The number of nitrogens with one attached hydrogen (secondary N) is 1. The van der Waals surface area contributed by atoms with Crippen LogP contribution in [0.15, 0.2) is 59.8 Å². The molecule has 1 aromatic heterocycles. The third-order valence-electron chi connectivity index (χ3n) is 2.96. The van der Waals surface area contributed by atoms with E-state index in [2.05, 4.69) is 25.7 Å². The normalized spacial score (nSPS) is 10.9. The van der Waals surface area contributed by atoms with Crippen molar-refractivity contribution in [1.29, 1.82) is 0 Å². The Labute approximate surface area is 143 Å². The molecule has 0 saturated carbocycles. The average Bonchev–Trinajstić information content (AvgIpc) is 2.58. The van der Waals surface area contributed by atoms with Gasteiger partial charge in [0, 0.05) is 16.1 Å². The van der Waals surface area contributed by atoms with E-state index in [4.69, 9.17) is 23.2 Å². The second-order valence-corrected chi connectivity index (χ2v) is 5.41. The lowest BCUT2D eigenvalue weighted by Crippen LogP contribution is -2.00. The summed E-state index contributed by atoms with van der Waals surface area (Å²) in [5, 5.41) is 13.0. The van der Waals surface area contributed by atoms with Gasteiger partial charge in [-0.2, -0.15) is 10.2 Å². The Morgan fingerprint density at radius 1 is 1.04 bits per heavy atom. The zero-order chi connectivity index (χ0) is 16.1. The highest BCUT2D eigenvalue weighted by molar-refractivity contribution is 6.36. The molecule has 0 aliphatic rings. The topological polar surface area (TPSA) is 63.1 Å². The largest absolute Gasteiger partial charge is 0.263 e. The molecule has 23 heavy (non-hydrogen) atoms. The third kappa shape index (κ3) is 4.03. The van der Waals surface area contributed by atoms with Crippen LogP contribution in [-0.2, 0) is 0 Å². The van der Waals surface area contributed by atoms with Crippen molar-refractivity contribution in [2.24, 2.45) is 5.10 Å². The van der Waals surface area contributed by atoms with E-state index in [1.54, 1.807) is 30.6 Å². The molecule has 0 saturated heterocycles. The van der Waals surface area contributed by atoms with Crippen LogP contribution in [0.4, 0.5) is 5.95 Å². The SMILES string of the molecule is Clc1ccc(/C=N\Nc2nncc(-c3ccccc3)n2)c(Cl)c1. The van der Waals surface area contributed by atoms with Crippen molar-refractivity contribution in [2.45, 2.75) is 0 Å². The van der Waals surface area contributed by atoms with Crippen LogP contribution in [0.5, 0.6) is 0 Å². The Hall–Kier alpha value is -2.50. The van der Waals surface area contributed by atoms with Crippen LogP contribution in [0, 0.1) is 0 Å². The molecule has 7 heteroatoms. The monoisotopic (exact) mass is 343 g/mol. The van der Waals surface area contributed by atoms with Gasteiger partial charge in [0.25, 0.3) is 5.95 Å². The van der Waals surface area contributed by atoms with Crippen molar-refractivity contribution in [3.63, 3.8) is 0 Å². The van der Waals surface area contributed by atoms with E-state index in [1.165, 1.54) is 0 Å². The summed E-state index contributed by atoms with van der Waals surface area (Å²) in [7, 11) is 0. The fraction of sp³-hybridized carbons (Fsp3) is 0. The van der Waals surface area contributed by atoms with Crippen molar-refractivity contribution in [3.05, 3.63) is 70.3 Å². The van der Waals surface area contributed by atoms with Gasteiger partial charge in [0.1, 0.15) is 0 Å². The highest BCUT2D eigenvalue weighted by atomic mass is 35.5. The second-order valence-electron chi connectivity index (χ2n) is 4.57. The van der Waals surface area contributed by atoms with Gasteiger partial charge < -0.3 is 0 Å². The van der Waals surface area contributed by atoms with Gasteiger partial charge in [0.2, 0.25) is 0 Å². The summed E-state index contributed by atoms with van der Waals surface area (Å²) >= 11 is 11.9. The molecule has 1 heterocycles. The van der Waals surface area contributed by atoms with E-state index in [0.717, 1.165) is 11.1 Å². The lowest BCUT2D eigenvalue weighted by atomic mass is 10.2. The van der Waals surface area contributed by atoms with E-state index in [9.17, 15) is 0 Å². The van der Waals surface area contributed by atoms with Crippen LogP contribution in [0.3, 0.4) is 0 Å². The van der Waals surface area contributed by atoms with Crippen LogP contribution in [0.2, 0.25) is 10.0 Å². The highest BCUT2D eigenvalue weighted by Crippen LogP contribution is 2.19. The van der Waals surface area contributed by atoms with Crippen LogP contribution < -0.4 is 5.43 Å². The molecule has 1 N–H and O–H groups in total. The number of benzene rings is 2. The van der Waals surface area contributed by atoms with Crippen LogP contribution in [0.25, 0.3) is 11.3 Å². The molecule has 0 spiro atoms. The summed E-state index contributed by atoms with van der Waals surface area (Å²) in [6.07, 6.45) is 3.16. The maximum Gasteiger partial charge on any atom is 0.263 e.